The number of rotatable bonds is 2. The quantitative estimate of drug-likeness (QED) is 0.324. The Morgan fingerprint density at radius 2 is 1.76 bits per heavy atom. The van der Waals surface area contributed by atoms with Crippen LogP contribution in [0.5, 0.6) is 0 Å². The van der Waals surface area contributed by atoms with E-state index in [1.54, 1.807) is 0 Å². The molecule has 0 amide bonds. The largest absolute Gasteiger partial charge is 0.869 e. The Balaban J connectivity index is 2.37. The fourth-order valence-electron chi connectivity index (χ4n) is 1.23. The molecule has 0 bridgehead atoms. The van der Waals surface area contributed by atoms with E-state index >= 15 is 0 Å². The molecule has 1 aromatic carbocycles. The van der Waals surface area contributed by atoms with Crippen LogP contribution in [0.4, 0.5) is 0 Å². The fraction of sp³-hybridized carbons (Fsp3) is 0. The molecule has 0 aromatic heterocycles. The van der Waals surface area contributed by atoms with Gasteiger partial charge in [-0.15, -0.1) is 0 Å². The lowest BCUT2D eigenvalue weighted by molar-refractivity contribution is -0.576. The van der Waals surface area contributed by atoms with Gasteiger partial charge in [0.05, 0.1) is 0 Å². The van der Waals surface area contributed by atoms with Gasteiger partial charge in [-0.1, -0.05) is 34.1 Å². The third kappa shape index (κ3) is 2.66. The summed E-state index contributed by atoms with van der Waals surface area (Å²) in [6.45, 7) is 0. The predicted octanol–water partition coefficient (Wildman–Crippen LogP) is -2.05. The van der Waals surface area contributed by atoms with Gasteiger partial charge in [-0.05, 0) is 17.9 Å². The van der Waals surface area contributed by atoms with Crippen LogP contribution in [0.25, 0.3) is 0 Å². The van der Waals surface area contributed by atoms with Gasteiger partial charge in [-0.2, -0.15) is 0 Å². The second-order valence-electron chi connectivity index (χ2n) is 3.22. The molecule has 0 radical (unpaired) electrons. The van der Waals surface area contributed by atoms with Crippen molar-refractivity contribution in [3.05, 3.63) is 53.8 Å². The smallest absolute Gasteiger partial charge is 0.361 e. The highest BCUT2D eigenvalue weighted by atomic mass is 127. The highest BCUT2D eigenvalue weighted by molar-refractivity contribution is 9.12. The molecule has 17 heavy (non-hydrogen) atoms. The number of halogens is 2. The molecule has 0 aliphatic heterocycles. The normalized spacial score (nSPS) is 16.2. The molecule has 0 fully saturated rings. The topological polar surface area (TPSA) is 57.2 Å². The molecule has 0 saturated heterocycles. The van der Waals surface area contributed by atoms with Crippen molar-refractivity contribution in [1.29, 1.82) is 0 Å². The van der Waals surface area contributed by atoms with Gasteiger partial charge in [0, 0.05) is 10.6 Å². The Hall–Kier alpha value is -0.950. The molecule has 5 heteroatoms. The summed E-state index contributed by atoms with van der Waals surface area (Å²) in [5, 5.41) is 11.8. The number of Topliss-reactive ketones (excluding diaryl/α,β-unsaturated/α-hetero) is 1. The summed E-state index contributed by atoms with van der Waals surface area (Å²) < 4.78 is 1.25. The van der Waals surface area contributed by atoms with Crippen LogP contribution in [0.15, 0.2) is 50.2 Å². The van der Waals surface area contributed by atoms with Crippen LogP contribution in [-0.2, 0) is 9.59 Å². The van der Waals surface area contributed by atoms with E-state index < -0.39 is 32.8 Å². The van der Waals surface area contributed by atoms with E-state index in [1.165, 1.54) is 0 Å². The van der Waals surface area contributed by atoms with Crippen molar-refractivity contribution in [1.82, 2.24) is 0 Å². The Morgan fingerprint density at radius 3 is 2.41 bits per heavy atom. The molecule has 1 aliphatic rings. The van der Waals surface area contributed by atoms with Crippen molar-refractivity contribution in [3.63, 3.8) is 0 Å². The van der Waals surface area contributed by atoms with Gasteiger partial charge < -0.3 is 5.11 Å². The average molecular weight is 405 g/mol. The first-order valence-corrected chi connectivity index (χ1v) is 7.62. The monoisotopic (exact) mass is 404 g/mol. The van der Waals surface area contributed by atoms with Crippen LogP contribution in [0.2, 0.25) is 0 Å². The van der Waals surface area contributed by atoms with Gasteiger partial charge in [0.1, 0.15) is 0 Å². The van der Waals surface area contributed by atoms with Crippen molar-refractivity contribution >= 4 is 27.5 Å². The minimum atomic E-state index is -0.903. The summed E-state index contributed by atoms with van der Waals surface area (Å²) in [5.74, 6) is -1.64. The number of benzene rings is 1. The molecule has 3 nitrogen and oxygen atoms in total. The number of carbonyl (C=O) groups excluding carboxylic acids is 2. The molecule has 2 rings (SSSR count). The summed E-state index contributed by atoms with van der Waals surface area (Å²) in [4.78, 5) is 23.0. The number of allylic oxidation sites excluding steroid dienone is 3. The Labute approximate surface area is 117 Å². The predicted molar refractivity (Wildman–Crippen MR) is 59.2 cm³/mol. The van der Waals surface area contributed by atoms with Gasteiger partial charge in [-0.25, -0.2) is 0 Å². The number of carbonyl (C=O) groups is 2. The summed E-state index contributed by atoms with van der Waals surface area (Å²) in [6.07, 6.45) is 1.04. The van der Waals surface area contributed by atoms with Crippen molar-refractivity contribution in [2.75, 3.05) is 0 Å². The van der Waals surface area contributed by atoms with Crippen molar-refractivity contribution < 1.29 is 35.9 Å². The lowest BCUT2D eigenvalue weighted by Crippen LogP contribution is -3.61. The highest BCUT2D eigenvalue weighted by Gasteiger charge is 2.34. The first-order chi connectivity index (χ1) is 8.09. The van der Waals surface area contributed by atoms with Crippen molar-refractivity contribution in [2.45, 2.75) is 0 Å². The summed E-state index contributed by atoms with van der Waals surface area (Å²) in [7, 11) is 0. The SMILES string of the molecule is O=C1C=C(Br)C([O-])=C([I+]c2ccccc2)C1=O. The molecular formula is C12H6BrIO3. The van der Waals surface area contributed by atoms with Crippen LogP contribution in [0.3, 0.4) is 0 Å². The Morgan fingerprint density at radius 1 is 1.12 bits per heavy atom. The molecule has 1 aromatic rings. The van der Waals surface area contributed by atoms with E-state index in [0.717, 1.165) is 9.65 Å². The molecule has 0 spiro atoms. The van der Waals surface area contributed by atoms with Gasteiger partial charge in [0.2, 0.25) is 9.36 Å². The minimum Gasteiger partial charge on any atom is -0.869 e. The molecule has 86 valence electrons. The molecule has 0 N–H and O–H groups in total. The third-order valence-electron chi connectivity index (χ3n) is 2.03. The Bertz CT molecular complexity index is 546. The van der Waals surface area contributed by atoms with Crippen molar-refractivity contribution in [2.24, 2.45) is 0 Å². The number of hydrogen-bond donors (Lipinski definition) is 0. The first kappa shape index (κ1) is 12.5. The minimum absolute atomic E-state index is 0.134. The highest BCUT2D eigenvalue weighted by Crippen LogP contribution is 2.17. The molecule has 0 heterocycles. The summed E-state index contributed by atoms with van der Waals surface area (Å²) >= 11 is 2.11. The van der Waals surface area contributed by atoms with E-state index in [9.17, 15) is 14.7 Å². The van der Waals surface area contributed by atoms with E-state index in [2.05, 4.69) is 15.9 Å². The van der Waals surface area contributed by atoms with E-state index in [-0.39, 0.29) is 13.8 Å². The second kappa shape index (κ2) is 5.14. The lowest BCUT2D eigenvalue weighted by Gasteiger charge is -2.13. The molecular weight excluding hydrogens is 399 g/mol. The third-order valence-corrected chi connectivity index (χ3v) is 5.48. The van der Waals surface area contributed by atoms with Gasteiger partial charge >= 0.3 is 21.2 Å². The van der Waals surface area contributed by atoms with Crippen LogP contribution in [-0.4, -0.2) is 11.6 Å². The van der Waals surface area contributed by atoms with Crippen LogP contribution in [0, 0.1) is 3.57 Å². The Kier molecular flexibility index (Phi) is 3.78. The standard InChI is InChI=1S/C12H6BrIO3/c13-8-6-9(15)12(17)10(11(8)16)14-7-4-2-1-3-5-7/h1-6H. The fourth-order valence-corrected chi connectivity index (χ4v) is 4.46. The lowest BCUT2D eigenvalue weighted by atomic mass is 10.1. The van der Waals surface area contributed by atoms with Crippen molar-refractivity contribution in [3.8, 4) is 0 Å². The van der Waals surface area contributed by atoms with Gasteiger partial charge in [0.15, 0.2) is 3.57 Å². The van der Waals surface area contributed by atoms with E-state index in [1.807, 2.05) is 30.3 Å². The molecule has 0 saturated carbocycles. The van der Waals surface area contributed by atoms with Crippen LogP contribution < -0.4 is 26.3 Å². The van der Waals surface area contributed by atoms with E-state index in [4.69, 9.17) is 0 Å². The average Bonchev–Trinajstić information content (AvgIpc) is 2.33. The zero-order valence-corrected chi connectivity index (χ0v) is 12.2. The molecule has 0 unspecified atom stereocenters. The molecule has 0 atom stereocenters. The maximum Gasteiger partial charge on any atom is 0.361 e. The van der Waals surface area contributed by atoms with Crippen LogP contribution in [0.1, 0.15) is 0 Å². The van der Waals surface area contributed by atoms with Crippen LogP contribution >= 0.6 is 15.9 Å². The second-order valence-corrected chi connectivity index (χ2v) is 6.94. The summed E-state index contributed by atoms with van der Waals surface area (Å²) in [6, 6.07) is 9.28. The zero-order valence-electron chi connectivity index (χ0n) is 8.44. The zero-order chi connectivity index (χ0) is 12.4. The maximum absolute atomic E-state index is 11.8. The van der Waals surface area contributed by atoms with Gasteiger partial charge in [-0.3, -0.25) is 9.59 Å². The summed E-state index contributed by atoms with van der Waals surface area (Å²) in [5.41, 5.74) is 0. The first-order valence-electron chi connectivity index (χ1n) is 4.67. The number of ketones is 2. The van der Waals surface area contributed by atoms with E-state index in [0.29, 0.717) is 0 Å². The molecule has 1 aliphatic carbocycles. The van der Waals surface area contributed by atoms with Gasteiger partial charge in [0.25, 0.3) is 5.78 Å². The maximum atomic E-state index is 11.8. The number of hydrogen-bond acceptors (Lipinski definition) is 3.